The van der Waals surface area contributed by atoms with Gasteiger partial charge >= 0.3 is 0 Å². The Morgan fingerprint density at radius 3 is 1.74 bits per heavy atom. The van der Waals surface area contributed by atoms with E-state index in [0.29, 0.717) is 5.56 Å². The van der Waals surface area contributed by atoms with Gasteiger partial charge in [0.15, 0.2) is 0 Å². The summed E-state index contributed by atoms with van der Waals surface area (Å²) >= 11 is 0. The molecule has 0 atom stereocenters. The first-order valence-electron chi connectivity index (χ1n) is 23.3. The van der Waals surface area contributed by atoms with Gasteiger partial charge in [-0.05, 0) is 153 Å². The van der Waals surface area contributed by atoms with Gasteiger partial charge in [-0.1, -0.05) is 146 Å². The topological polar surface area (TPSA) is 45.1 Å². The zero-order chi connectivity index (χ0) is 45.8. The molecule has 0 saturated carbocycles. The molecule has 322 valence electrons. The van der Waals surface area contributed by atoms with E-state index in [1.54, 1.807) is 0 Å². The van der Waals surface area contributed by atoms with E-state index in [2.05, 4.69) is 228 Å². The molecule has 0 aliphatic carbocycles. The Kier molecular flexibility index (Phi) is 9.52. The lowest BCUT2D eigenvalue weighted by atomic mass is 9.91. The summed E-state index contributed by atoms with van der Waals surface area (Å²) in [7, 11) is 0. The third-order valence-electron chi connectivity index (χ3n) is 13.6. The number of aromatic nitrogens is 1. The third kappa shape index (κ3) is 7.01. The highest BCUT2D eigenvalue weighted by Gasteiger charge is 2.18. The average Bonchev–Trinajstić information content (AvgIpc) is 3.97. The maximum absolute atomic E-state index is 9.60. The molecule has 4 nitrogen and oxygen atoms in total. The SMILES string of the molecule is N#Cc1ccc(-n2c3ccccc3c3ccc(-c4cc(-c5ccc6cc(N(c7ccccc7)c7ccc(-c8ccccc8)cc7)ccc6c5)cc(-c5cccc6c5oc5ccccc56)c4)cc32)cc1. The van der Waals surface area contributed by atoms with Gasteiger partial charge < -0.3 is 13.9 Å². The van der Waals surface area contributed by atoms with Crippen molar-refractivity contribution < 1.29 is 4.42 Å². The number of rotatable bonds is 8. The van der Waals surface area contributed by atoms with E-state index in [0.717, 1.165) is 99.9 Å². The molecule has 0 bridgehead atoms. The summed E-state index contributed by atoms with van der Waals surface area (Å²) in [6.45, 7) is 0. The van der Waals surface area contributed by atoms with Gasteiger partial charge in [-0.3, -0.25) is 0 Å². The summed E-state index contributed by atoms with van der Waals surface area (Å²) in [5.41, 5.74) is 17.8. The summed E-state index contributed by atoms with van der Waals surface area (Å²) in [5, 5.41) is 16.5. The Morgan fingerprint density at radius 1 is 0.362 bits per heavy atom. The van der Waals surface area contributed by atoms with Crippen molar-refractivity contribution in [1.29, 1.82) is 5.26 Å². The zero-order valence-electron chi connectivity index (χ0n) is 37.4. The van der Waals surface area contributed by atoms with E-state index >= 15 is 0 Å². The summed E-state index contributed by atoms with van der Waals surface area (Å²) in [5.74, 6) is 0. The molecule has 0 aliphatic rings. The molecule has 0 aliphatic heterocycles. The number of nitrogens with zero attached hydrogens (tertiary/aromatic N) is 3. The number of furan rings is 1. The lowest BCUT2D eigenvalue weighted by Gasteiger charge is -2.26. The molecule has 2 heterocycles. The predicted octanol–water partition coefficient (Wildman–Crippen LogP) is 17.8. The molecule has 0 radical (unpaired) electrons. The van der Waals surface area contributed by atoms with Crippen LogP contribution in [0.1, 0.15) is 5.56 Å². The Labute approximate surface area is 399 Å². The molecule has 13 rings (SSSR count). The minimum atomic E-state index is 0.636. The van der Waals surface area contributed by atoms with Crippen molar-refractivity contribution in [3.8, 4) is 56.3 Å². The predicted molar refractivity (Wildman–Crippen MR) is 287 cm³/mol. The van der Waals surface area contributed by atoms with Crippen molar-refractivity contribution in [3.05, 3.63) is 254 Å². The van der Waals surface area contributed by atoms with Crippen molar-refractivity contribution in [2.75, 3.05) is 4.90 Å². The molecule has 0 amide bonds. The molecule has 69 heavy (non-hydrogen) atoms. The largest absolute Gasteiger partial charge is 0.455 e. The second-order valence-corrected chi connectivity index (χ2v) is 17.7. The van der Waals surface area contributed by atoms with Gasteiger partial charge in [0.25, 0.3) is 0 Å². The number of hydrogen-bond acceptors (Lipinski definition) is 3. The van der Waals surface area contributed by atoms with Gasteiger partial charge in [0.05, 0.1) is 22.7 Å². The van der Waals surface area contributed by atoms with Crippen LogP contribution in [-0.2, 0) is 0 Å². The number of hydrogen-bond donors (Lipinski definition) is 0. The van der Waals surface area contributed by atoms with E-state index in [1.165, 1.54) is 21.9 Å². The fourth-order valence-electron chi connectivity index (χ4n) is 10.2. The van der Waals surface area contributed by atoms with Crippen molar-refractivity contribution in [2.24, 2.45) is 0 Å². The lowest BCUT2D eigenvalue weighted by molar-refractivity contribution is 0.670. The highest BCUT2D eigenvalue weighted by molar-refractivity contribution is 6.12. The Balaban J connectivity index is 0.953. The molecular formula is C65H41N3O. The maximum atomic E-state index is 9.60. The molecule has 0 saturated heterocycles. The highest BCUT2D eigenvalue weighted by atomic mass is 16.3. The summed E-state index contributed by atoms with van der Waals surface area (Å²) in [6, 6.07) is 90.7. The standard InChI is InChI=1S/C65H41N3O/c66-42-43-22-30-55(31-23-43)68-62-20-9-7-16-58(62)59-35-29-49(41-63(59)68)51-37-50(38-52(39-51)57-18-11-19-61-60-17-8-10-21-64(60)69-65(57)61)47-24-25-48-40-56(34-28-46(48)36-47)67(53-14-5-2-6-15-53)54-32-26-45(27-33-54)44-12-3-1-4-13-44/h1-41H. The fraction of sp³-hybridized carbons (Fsp3) is 0. The van der Waals surface area contributed by atoms with Gasteiger partial charge in [-0.25, -0.2) is 0 Å². The minimum absolute atomic E-state index is 0.636. The molecule has 11 aromatic carbocycles. The van der Waals surface area contributed by atoms with E-state index in [9.17, 15) is 5.26 Å². The van der Waals surface area contributed by atoms with Crippen LogP contribution in [0.5, 0.6) is 0 Å². The van der Waals surface area contributed by atoms with Crippen LogP contribution in [0.15, 0.2) is 253 Å². The van der Waals surface area contributed by atoms with Crippen LogP contribution in [0.3, 0.4) is 0 Å². The fourth-order valence-corrected chi connectivity index (χ4v) is 10.2. The first-order valence-corrected chi connectivity index (χ1v) is 23.3. The van der Waals surface area contributed by atoms with Gasteiger partial charge in [0, 0.05) is 49.9 Å². The number of fused-ring (bicyclic) bond motifs is 7. The second-order valence-electron chi connectivity index (χ2n) is 17.7. The molecule has 0 spiro atoms. The van der Waals surface area contributed by atoms with Gasteiger partial charge in [-0.2, -0.15) is 5.26 Å². The van der Waals surface area contributed by atoms with E-state index in [-0.39, 0.29) is 0 Å². The van der Waals surface area contributed by atoms with Gasteiger partial charge in [-0.15, -0.1) is 0 Å². The van der Waals surface area contributed by atoms with Crippen LogP contribution in [0, 0.1) is 11.3 Å². The lowest BCUT2D eigenvalue weighted by Crippen LogP contribution is -2.09. The average molecular weight is 880 g/mol. The molecule has 13 aromatic rings. The van der Waals surface area contributed by atoms with Crippen molar-refractivity contribution >= 4 is 71.6 Å². The molecule has 4 heteroatoms. The zero-order valence-corrected chi connectivity index (χ0v) is 37.4. The van der Waals surface area contributed by atoms with E-state index in [1.807, 2.05) is 36.4 Å². The maximum Gasteiger partial charge on any atom is 0.143 e. The summed E-state index contributed by atoms with van der Waals surface area (Å²) in [4.78, 5) is 2.33. The minimum Gasteiger partial charge on any atom is -0.455 e. The van der Waals surface area contributed by atoms with Crippen LogP contribution < -0.4 is 4.90 Å². The van der Waals surface area contributed by atoms with Gasteiger partial charge in [0.1, 0.15) is 11.2 Å². The molecular weight excluding hydrogens is 839 g/mol. The van der Waals surface area contributed by atoms with Gasteiger partial charge in [0.2, 0.25) is 0 Å². The van der Waals surface area contributed by atoms with Crippen LogP contribution in [-0.4, -0.2) is 4.57 Å². The van der Waals surface area contributed by atoms with Crippen molar-refractivity contribution in [3.63, 3.8) is 0 Å². The monoisotopic (exact) mass is 879 g/mol. The van der Waals surface area contributed by atoms with Crippen molar-refractivity contribution in [1.82, 2.24) is 4.57 Å². The smallest absolute Gasteiger partial charge is 0.143 e. The molecule has 0 N–H and O–H groups in total. The van der Waals surface area contributed by atoms with Crippen LogP contribution in [0.4, 0.5) is 17.1 Å². The summed E-state index contributed by atoms with van der Waals surface area (Å²) < 4.78 is 8.96. The van der Waals surface area contributed by atoms with Crippen molar-refractivity contribution in [2.45, 2.75) is 0 Å². The van der Waals surface area contributed by atoms with Crippen LogP contribution in [0.2, 0.25) is 0 Å². The number of benzene rings is 11. The van der Waals surface area contributed by atoms with E-state index in [4.69, 9.17) is 4.42 Å². The number of nitriles is 1. The third-order valence-corrected chi connectivity index (χ3v) is 13.6. The van der Waals surface area contributed by atoms with Crippen LogP contribution >= 0.6 is 0 Å². The first-order chi connectivity index (χ1) is 34.1. The Bertz CT molecular complexity index is 4120. The molecule has 2 aromatic heterocycles. The van der Waals surface area contributed by atoms with Crippen LogP contribution in [0.25, 0.3) is 105 Å². The summed E-state index contributed by atoms with van der Waals surface area (Å²) in [6.07, 6.45) is 0. The second kappa shape index (κ2) is 16.5. The normalized spacial score (nSPS) is 11.5. The number of para-hydroxylation sites is 4. The molecule has 0 fully saturated rings. The number of anilines is 3. The molecule has 0 unspecified atom stereocenters. The van der Waals surface area contributed by atoms with E-state index < -0.39 is 0 Å². The first kappa shape index (κ1) is 39.9. The highest BCUT2D eigenvalue weighted by Crippen LogP contribution is 2.43. The Morgan fingerprint density at radius 2 is 0.942 bits per heavy atom. The quantitative estimate of drug-likeness (QED) is 0.153. The Hall–Kier alpha value is -9.43.